The van der Waals surface area contributed by atoms with E-state index in [1.807, 2.05) is 25.1 Å². The third-order valence-corrected chi connectivity index (χ3v) is 6.63. The lowest BCUT2D eigenvalue weighted by molar-refractivity contribution is -0.123. The molecule has 0 unspecified atom stereocenters. The summed E-state index contributed by atoms with van der Waals surface area (Å²) in [5, 5.41) is 9.93. The zero-order valence-corrected chi connectivity index (χ0v) is 19.1. The summed E-state index contributed by atoms with van der Waals surface area (Å²) in [4.78, 5) is 28.3. The van der Waals surface area contributed by atoms with Gasteiger partial charge in [-0.1, -0.05) is 36.4 Å². The highest BCUT2D eigenvalue weighted by Gasteiger charge is 2.25. The minimum Gasteiger partial charge on any atom is -0.434 e. The number of aryl methyl sites for hydroxylation is 1. The number of carbonyl (C=O) groups excluding carboxylic acids is 1. The van der Waals surface area contributed by atoms with Gasteiger partial charge < -0.3 is 9.64 Å². The molecular weight excluding hydrogens is 460 g/mol. The Bertz CT molecular complexity index is 1450. The molecule has 34 heavy (non-hydrogen) atoms. The second-order valence-corrected chi connectivity index (χ2v) is 8.78. The molecule has 9 heteroatoms. The molecule has 4 rings (SSSR count). The molecule has 0 radical (unpaired) electrons. The third-order valence-electron chi connectivity index (χ3n) is 5.53. The second-order valence-electron chi connectivity index (χ2n) is 7.75. The van der Waals surface area contributed by atoms with E-state index < -0.39 is 18.1 Å². The maximum atomic E-state index is 13.6. The fraction of sp³-hybridized carbons (Fsp3) is 0.240. The van der Waals surface area contributed by atoms with Gasteiger partial charge in [-0.15, -0.1) is 11.3 Å². The van der Waals surface area contributed by atoms with Gasteiger partial charge in [-0.3, -0.25) is 14.2 Å². The molecule has 0 aliphatic carbocycles. The first-order valence-corrected chi connectivity index (χ1v) is 11.5. The van der Waals surface area contributed by atoms with Crippen LogP contribution in [0.2, 0.25) is 0 Å². The number of benzene rings is 2. The van der Waals surface area contributed by atoms with Crippen molar-refractivity contribution >= 4 is 28.9 Å². The van der Waals surface area contributed by atoms with Gasteiger partial charge in [0, 0.05) is 18.7 Å². The summed E-state index contributed by atoms with van der Waals surface area (Å²) in [6.45, 7) is -0.0799. The smallest absolute Gasteiger partial charge is 0.387 e. The van der Waals surface area contributed by atoms with Crippen molar-refractivity contribution in [2.75, 3.05) is 13.1 Å². The van der Waals surface area contributed by atoms with Crippen molar-refractivity contribution in [1.82, 2.24) is 9.47 Å². The predicted octanol–water partition coefficient (Wildman–Crippen LogP) is 2.93. The Hall–Kier alpha value is -3.77. The monoisotopic (exact) mass is 481 g/mol. The number of thiazole rings is 1. The average molecular weight is 482 g/mol. The van der Waals surface area contributed by atoms with Crippen LogP contribution < -0.4 is 19.5 Å². The van der Waals surface area contributed by atoms with Crippen LogP contribution in [0.5, 0.6) is 5.75 Å². The topological polar surface area (TPSA) is 75.3 Å². The van der Waals surface area contributed by atoms with E-state index >= 15 is 0 Å². The molecule has 1 aliphatic heterocycles. The zero-order valence-electron chi connectivity index (χ0n) is 18.3. The lowest BCUT2D eigenvalue weighted by atomic mass is 10.2. The standard InChI is InChI=1S/C25H21F2N3O3S/c1-16-8-2-4-10-19(16)30-23(32)21(14-17-9-3-5-11-20(17)33-25(26)27)34-24(30)18(15-28)22(31)29-12-6-7-13-29/h2-5,8-11,14,25H,6-7,12-13H2,1H3/b21-14+,24-18-. The van der Waals surface area contributed by atoms with Crippen LogP contribution >= 0.6 is 11.3 Å². The van der Waals surface area contributed by atoms with Crippen molar-refractivity contribution in [3.05, 3.63) is 79.2 Å². The Labute approximate surface area is 198 Å². The number of halogens is 2. The Kier molecular flexibility index (Phi) is 6.89. The van der Waals surface area contributed by atoms with E-state index in [-0.39, 0.29) is 26.1 Å². The summed E-state index contributed by atoms with van der Waals surface area (Å²) in [7, 11) is 0. The van der Waals surface area contributed by atoms with E-state index in [2.05, 4.69) is 4.74 Å². The van der Waals surface area contributed by atoms with E-state index in [4.69, 9.17) is 0 Å². The molecule has 1 amide bonds. The van der Waals surface area contributed by atoms with Gasteiger partial charge >= 0.3 is 6.61 Å². The van der Waals surface area contributed by atoms with Crippen LogP contribution in [-0.4, -0.2) is 35.1 Å². The van der Waals surface area contributed by atoms with E-state index in [1.165, 1.54) is 16.7 Å². The number of nitrogens with zero attached hydrogens (tertiary/aromatic N) is 3. The van der Waals surface area contributed by atoms with Crippen LogP contribution in [0.4, 0.5) is 8.78 Å². The third kappa shape index (κ3) is 4.63. The highest BCUT2D eigenvalue weighted by atomic mass is 32.1. The van der Waals surface area contributed by atoms with Crippen molar-refractivity contribution in [1.29, 1.82) is 5.26 Å². The minimum absolute atomic E-state index is 0.0769. The van der Waals surface area contributed by atoms with Gasteiger partial charge in [0.15, 0.2) is 5.57 Å². The number of para-hydroxylation sites is 2. The zero-order chi connectivity index (χ0) is 24.2. The van der Waals surface area contributed by atoms with Gasteiger partial charge in [0.05, 0.1) is 10.2 Å². The van der Waals surface area contributed by atoms with Crippen LogP contribution in [0.15, 0.2) is 53.3 Å². The van der Waals surface area contributed by atoms with Gasteiger partial charge in [0.25, 0.3) is 11.5 Å². The van der Waals surface area contributed by atoms with Gasteiger partial charge in [0.1, 0.15) is 16.5 Å². The number of nitriles is 1. The number of likely N-dealkylation sites (tertiary alicyclic amines) is 1. The normalized spacial score (nSPS) is 14.9. The number of aromatic nitrogens is 1. The first-order valence-electron chi connectivity index (χ1n) is 10.7. The van der Waals surface area contributed by atoms with Gasteiger partial charge in [-0.25, -0.2) is 0 Å². The number of amides is 1. The maximum Gasteiger partial charge on any atom is 0.387 e. The largest absolute Gasteiger partial charge is 0.434 e. The SMILES string of the molecule is Cc1ccccc1-n1c(=O)/c(=C\c2ccccc2OC(F)F)s/c1=C(/C#N)C(=O)N1CCCC1. The molecule has 1 fully saturated rings. The number of hydrogen-bond donors (Lipinski definition) is 0. The molecule has 6 nitrogen and oxygen atoms in total. The van der Waals surface area contributed by atoms with Crippen LogP contribution in [0.25, 0.3) is 17.3 Å². The van der Waals surface area contributed by atoms with Crippen molar-refractivity contribution in [2.45, 2.75) is 26.4 Å². The number of rotatable bonds is 5. The lowest BCUT2D eigenvalue weighted by Crippen LogP contribution is -2.35. The summed E-state index contributed by atoms with van der Waals surface area (Å²) in [5.74, 6) is -0.497. The van der Waals surface area contributed by atoms with E-state index in [1.54, 1.807) is 35.2 Å². The minimum atomic E-state index is -3.02. The molecule has 174 valence electrons. The summed E-state index contributed by atoms with van der Waals surface area (Å²) in [5.41, 5.74) is 1.03. The van der Waals surface area contributed by atoms with E-state index in [0.717, 1.165) is 29.7 Å². The molecule has 2 aromatic carbocycles. The van der Waals surface area contributed by atoms with Crippen LogP contribution in [0, 0.1) is 18.3 Å². The van der Waals surface area contributed by atoms with Gasteiger partial charge in [-0.05, 0) is 43.5 Å². The number of hydrogen-bond acceptors (Lipinski definition) is 5. The number of alkyl halides is 2. The highest BCUT2D eigenvalue weighted by molar-refractivity contribution is 7.07. The van der Waals surface area contributed by atoms with Gasteiger partial charge in [-0.2, -0.15) is 14.0 Å². The Balaban J connectivity index is 2.02. The molecule has 2 heterocycles. The molecule has 0 atom stereocenters. The first-order chi connectivity index (χ1) is 16.4. The van der Waals surface area contributed by atoms with Crippen molar-refractivity contribution in [2.24, 2.45) is 0 Å². The van der Waals surface area contributed by atoms with Crippen LogP contribution in [-0.2, 0) is 4.79 Å². The molecule has 3 aromatic rings. The quantitative estimate of drug-likeness (QED) is 0.562. The van der Waals surface area contributed by atoms with Crippen molar-refractivity contribution < 1.29 is 18.3 Å². The second kappa shape index (κ2) is 10.0. The highest BCUT2D eigenvalue weighted by Crippen LogP contribution is 2.21. The molecule has 0 bridgehead atoms. The Morgan fingerprint density at radius 2 is 1.82 bits per heavy atom. The summed E-state index contributed by atoms with van der Waals surface area (Å²) in [6, 6.07) is 15.3. The fourth-order valence-electron chi connectivity index (χ4n) is 3.89. The van der Waals surface area contributed by atoms with Gasteiger partial charge in [0.2, 0.25) is 0 Å². The lowest BCUT2D eigenvalue weighted by Gasteiger charge is -2.14. The van der Waals surface area contributed by atoms with Crippen LogP contribution in [0.1, 0.15) is 24.0 Å². The Morgan fingerprint density at radius 3 is 2.50 bits per heavy atom. The molecule has 1 aromatic heterocycles. The number of ether oxygens (including phenoxy) is 1. The van der Waals surface area contributed by atoms with Crippen molar-refractivity contribution in [3.8, 4) is 17.5 Å². The van der Waals surface area contributed by atoms with E-state index in [9.17, 15) is 23.6 Å². The summed E-state index contributed by atoms with van der Waals surface area (Å²) >= 11 is 0.977. The fourth-order valence-corrected chi connectivity index (χ4v) is 4.97. The molecule has 1 aliphatic rings. The predicted molar refractivity (Wildman–Crippen MR) is 125 cm³/mol. The summed E-state index contributed by atoms with van der Waals surface area (Å²) in [6.07, 6.45) is 3.16. The van der Waals surface area contributed by atoms with E-state index in [0.29, 0.717) is 18.8 Å². The summed E-state index contributed by atoms with van der Waals surface area (Å²) < 4.78 is 32.1. The molecular formula is C25H21F2N3O3S. The average Bonchev–Trinajstić information content (AvgIpc) is 3.45. The molecule has 0 spiro atoms. The Morgan fingerprint density at radius 1 is 1.15 bits per heavy atom. The maximum absolute atomic E-state index is 13.6. The molecule has 0 saturated carbocycles. The molecule has 1 saturated heterocycles. The van der Waals surface area contributed by atoms with Crippen molar-refractivity contribution in [3.63, 3.8) is 0 Å². The van der Waals surface area contributed by atoms with Crippen LogP contribution in [0.3, 0.4) is 0 Å². The molecule has 0 N–H and O–H groups in total. The first kappa shape index (κ1) is 23.4. The number of carbonyl (C=O) groups is 1.